The summed E-state index contributed by atoms with van der Waals surface area (Å²) in [5, 5.41) is 1.16. The van der Waals surface area contributed by atoms with E-state index in [0.717, 1.165) is 57.1 Å². The zero-order valence-corrected chi connectivity index (χ0v) is 39.1. The van der Waals surface area contributed by atoms with Crippen molar-refractivity contribution in [3.05, 3.63) is 287 Å². The highest BCUT2D eigenvalue weighted by Crippen LogP contribution is 2.43. The summed E-state index contributed by atoms with van der Waals surface area (Å²) in [6.07, 6.45) is 0.859. The Morgan fingerprint density at radius 1 is 0.435 bits per heavy atom. The van der Waals surface area contributed by atoms with Gasteiger partial charge in [0.25, 0.3) is 0 Å². The largest absolute Gasteiger partial charge is 0.368 e. The van der Waals surface area contributed by atoms with Crippen molar-refractivity contribution in [1.82, 2.24) is 4.57 Å². The Balaban J connectivity index is 1.12. The third kappa shape index (κ3) is 10.4. The third-order valence-corrected chi connectivity index (χ3v) is 13.4. The molecule has 0 aliphatic carbocycles. The van der Waals surface area contributed by atoms with E-state index in [1.165, 1.54) is 16.7 Å². The number of benzene rings is 8. The zero-order chi connectivity index (χ0) is 46.7. The Labute approximate surface area is 406 Å². The number of rotatable bonds is 19. The van der Waals surface area contributed by atoms with Crippen LogP contribution >= 0.6 is 0 Å². The molecule has 1 aromatic heterocycles. The summed E-state index contributed by atoms with van der Waals surface area (Å²) < 4.78 is 39.3. The Hall–Kier alpha value is -6.90. The van der Waals surface area contributed by atoms with Crippen molar-refractivity contribution < 1.29 is 23.7 Å². The number of aryl methyl sites for hydroxylation is 1. The predicted octanol–water partition coefficient (Wildman–Crippen LogP) is 13.5. The van der Waals surface area contributed by atoms with Gasteiger partial charge in [-0.15, -0.1) is 0 Å². The van der Waals surface area contributed by atoms with Gasteiger partial charge in [-0.05, 0) is 69.0 Å². The van der Waals surface area contributed by atoms with Gasteiger partial charge in [0, 0.05) is 11.6 Å². The van der Waals surface area contributed by atoms with Crippen LogP contribution in [-0.2, 0) is 61.9 Å². The minimum Gasteiger partial charge on any atom is -0.368 e. The first-order chi connectivity index (χ1) is 34.2. The van der Waals surface area contributed by atoms with Crippen LogP contribution in [-0.4, -0.2) is 35.6 Å². The normalized spacial score (nSPS) is 18.3. The monoisotopic (exact) mass is 909 g/mol. The highest BCUT2D eigenvalue weighted by atomic mass is 16.6. The van der Waals surface area contributed by atoms with E-state index in [9.17, 15) is 0 Å². The number of ether oxygens (including phenoxy) is 5. The number of hydrogen-bond acceptors (Lipinski definition) is 5. The molecule has 346 valence electrons. The van der Waals surface area contributed by atoms with E-state index in [1.807, 2.05) is 60.7 Å². The van der Waals surface area contributed by atoms with Gasteiger partial charge in [-0.2, -0.15) is 0 Å². The SMILES string of the molecule is CCc1ccc(Cc2cn(C3O[C@H](COC(c4ccccc4)(c4ccccc4)c4ccccc4)[C@@H](OCc4ccccc4)[C@@H](OCc4ccccc4)[C@@H]3OCc3ccccc3)c3ccccc23)cc1. The summed E-state index contributed by atoms with van der Waals surface area (Å²) in [5.41, 5.74) is 9.98. The molecule has 0 amide bonds. The number of fused-ring (bicyclic) bond motifs is 1. The minimum atomic E-state index is -1.01. The topological polar surface area (TPSA) is 51.1 Å². The van der Waals surface area contributed by atoms with E-state index >= 15 is 0 Å². The van der Waals surface area contributed by atoms with Gasteiger partial charge in [0.2, 0.25) is 0 Å². The first-order valence-electron chi connectivity index (χ1n) is 24.2. The summed E-state index contributed by atoms with van der Waals surface area (Å²) in [7, 11) is 0. The lowest BCUT2D eigenvalue weighted by Crippen LogP contribution is -2.59. The maximum atomic E-state index is 7.67. The lowest BCUT2D eigenvalue weighted by Gasteiger charge is -2.47. The van der Waals surface area contributed by atoms with Crippen LogP contribution in [0.4, 0.5) is 0 Å². The van der Waals surface area contributed by atoms with E-state index in [1.54, 1.807) is 0 Å². The fourth-order valence-electron chi connectivity index (χ4n) is 9.84. The summed E-state index contributed by atoms with van der Waals surface area (Å²) in [6, 6.07) is 80.1. The van der Waals surface area contributed by atoms with E-state index < -0.39 is 36.2 Å². The first kappa shape index (κ1) is 45.9. The van der Waals surface area contributed by atoms with Crippen molar-refractivity contribution in [1.29, 1.82) is 0 Å². The van der Waals surface area contributed by atoms with Gasteiger partial charge in [0.1, 0.15) is 30.0 Å². The molecule has 6 nitrogen and oxygen atoms in total. The molecule has 1 aliphatic heterocycles. The number of nitrogens with zero attached hydrogens (tertiary/aromatic N) is 1. The number of aromatic nitrogens is 1. The molecule has 0 saturated carbocycles. The van der Waals surface area contributed by atoms with Crippen molar-refractivity contribution >= 4 is 10.9 Å². The highest BCUT2D eigenvalue weighted by molar-refractivity contribution is 5.84. The van der Waals surface area contributed by atoms with Crippen molar-refractivity contribution in [2.75, 3.05) is 6.61 Å². The van der Waals surface area contributed by atoms with E-state index in [0.29, 0.717) is 19.8 Å². The quantitative estimate of drug-likeness (QED) is 0.0757. The fraction of sp³-hybridized carbons (Fsp3) is 0.206. The van der Waals surface area contributed by atoms with Crippen LogP contribution in [0.2, 0.25) is 0 Å². The molecule has 1 saturated heterocycles. The summed E-state index contributed by atoms with van der Waals surface area (Å²) in [6.45, 7) is 3.37. The van der Waals surface area contributed by atoms with Crippen molar-refractivity contribution in [2.45, 2.75) is 75.8 Å². The van der Waals surface area contributed by atoms with E-state index in [-0.39, 0.29) is 6.61 Å². The standard InChI is InChI=1S/C63H59NO5/c1-2-47-37-39-48(40-38-47)41-52-42-64(57-36-22-21-35-56(52)57)62-61(67-45-51-27-13-5-14-28-51)60(66-44-50-25-11-4-12-26-50)59(65-43-49-23-9-3-10-24-49)58(69-62)46-68-63(53-29-15-6-16-30-53,54-31-17-7-18-32-54)55-33-19-8-20-34-55/h3-40,42,58-62H,2,41,43-46H2,1H3/t58-,59-,60-,61+,62?/m1/s1. The smallest absolute Gasteiger partial charge is 0.163 e. The Bertz CT molecular complexity index is 2850. The average molecular weight is 910 g/mol. The molecule has 2 heterocycles. The molecule has 0 radical (unpaired) electrons. The van der Waals surface area contributed by atoms with Crippen LogP contribution in [0.3, 0.4) is 0 Å². The Kier molecular flexibility index (Phi) is 14.6. The molecule has 6 heteroatoms. The summed E-state index contributed by atoms with van der Waals surface area (Å²) in [5.74, 6) is 0. The van der Waals surface area contributed by atoms with Crippen LogP contribution in [0.5, 0.6) is 0 Å². The molecular weight excluding hydrogens is 851 g/mol. The average Bonchev–Trinajstić information content (AvgIpc) is 3.79. The van der Waals surface area contributed by atoms with Crippen molar-refractivity contribution in [3.63, 3.8) is 0 Å². The maximum absolute atomic E-state index is 7.67. The maximum Gasteiger partial charge on any atom is 0.163 e. The van der Waals surface area contributed by atoms with Gasteiger partial charge >= 0.3 is 0 Å². The van der Waals surface area contributed by atoms with Gasteiger partial charge in [-0.3, -0.25) is 0 Å². The molecule has 0 N–H and O–H groups in total. The molecule has 10 rings (SSSR count). The van der Waals surface area contributed by atoms with Crippen LogP contribution in [0.1, 0.15) is 63.2 Å². The van der Waals surface area contributed by atoms with Crippen molar-refractivity contribution in [2.24, 2.45) is 0 Å². The lowest BCUT2D eigenvalue weighted by molar-refractivity contribution is -0.292. The lowest BCUT2D eigenvalue weighted by atomic mass is 9.80. The highest BCUT2D eigenvalue weighted by Gasteiger charge is 2.51. The fourth-order valence-corrected chi connectivity index (χ4v) is 9.84. The zero-order valence-electron chi connectivity index (χ0n) is 39.1. The molecule has 0 bridgehead atoms. The van der Waals surface area contributed by atoms with Crippen LogP contribution in [0, 0.1) is 0 Å². The summed E-state index contributed by atoms with van der Waals surface area (Å²) >= 11 is 0. The second kappa shape index (κ2) is 22.0. The number of hydrogen-bond donors (Lipinski definition) is 0. The molecule has 69 heavy (non-hydrogen) atoms. The van der Waals surface area contributed by atoms with Crippen LogP contribution in [0.25, 0.3) is 10.9 Å². The van der Waals surface area contributed by atoms with Gasteiger partial charge in [0.05, 0.1) is 31.9 Å². The van der Waals surface area contributed by atoms with E-state index in [4.69, 9.17) is 23.7 Å². The van der Waals surface area contributed by atoms with Gasteiger partial charge in [0.15, 0.2) is 6.23 Å². The molecular formula is C63H59NO5. The Morgan fingerprint density at radius 3 is 1.35 bits per heavy atom. The van der Waals surface area contributed by atoms with E-state index in [2.05, 4.69) is 188 Å². The predicted molar refractivity (Wildman–Crippen MR) is 275 cm³/mol. The van der Waals surface area contributed by atoms with Gasteiger partial charge in [-0.25, -0.2) is 0 Å². The first-order valence-corrected chi connectivity index (χ1v) is 24.2. The van der Waals surface area contributed by atoms with Crippen LogP contribution in [0.15, 0.2) is 237 Å². The molecule has 1 unspecified atom stereocenters. The third-order valence-electron chi connectivity index (χ3n) is 13.4. The minimum absolute atomic E-state index is 0.154. The Morgan fingerprint density at radius 2 is 0.855 bits per heavy atom. The second-order valence-electron chi connectivity index (χ2n) is 17.9. The van der Waals surface area contributed by atoms with Gasteiger partial charge in [-0.1, -0.05) is 231 Å². The number of para-hydroxylation sites is 1. The van der Waals surface area contributed by atoms with Crippen molar-refractivity contribution in [3.8, 4) is 0 Å². The van der Waals surface area contributed by atoms with Crippen LogP contribution < -0.4 is 0 Å². The molecule has 5 atom stereocenters. The molecule has 1 aliphatic rings. The second-order valence-corrected chi connectivity index (χ2v) is 17.9. The molecule has 0 spiro atoms. The molecule has 1 fully saturated rings. The molecule has 8 aromatic carbocycles. The van der Waals surface area contributed by atoms with Gasteiger partial charge < -0.3 is 28.3 Å². The summed E-state index contributed by atoms with van der Waals surface area (Å²) in [4.78, 5) is 0. The molecule has 9 aromatic rings.